The van der Waals surface area contributed by atoms with E-state index >= 15 is 0 Å². The highest BCUT2D eigenvalue weighted by atomic mass is 16.5. The molecule has 0 saturated heterocycles. The predicted octanol–water partition coefficient (Wildman–Crippen LogP) is 3.10. The molecule has 8 nitrogen and oxygen atoms in total. The topological polar surface area (TPSA) is 101 Å². The number of esters is 1. The summed E-state index contributed by atoms with van der Waals surface area (Å²) in [4.78, 5) is 36.3. The van der Waals surface area contributed by atoms with E-state index in [2.05, 4.69) is 4.74 Å². The second-order valence-corrected chi connectivity index (χ2v) is 6.69. The van der Waals surface area contributed by atoms with Gasteiger partial charge in [0.05, 0.1) is 33.3 Å². The van der Waals surface area contributed by atoms with Crippen LogP contribution in [0.25, 0.3) is 11.0 Å². The minimum atomic E-state index is -0.617. The number of fused-ring (bicyclic) bond motifs is 1. The largest absolute Gasteiger partial charge is 0.493 e. The summed E-state index contributed by atoms with van der Waals surface area (Å²) in [6.45, 7) is 1.52. The Balaban J connectivity index is 1.80. The Labute approximate surface area is 178 Å². The van der Waals surface area contributed by atoms with Crippen molar-refractivity contribution < 1.29 is 33.0 Å². The van der Waals surface area contributed by atoms with Crippen molar-refractivity contribution in [2.24, 2.45) is 0 Å². The Bertz CT molecular complexity index is 1190. The van der Waals surface area contributed by atoms with Crippen LogP contribution in [0.2, 0.25) is 0 Å². The van der Waals surface area contributed by atoms with Gasteiger partial charge in [-0.1, -0.05) is 0 Å². The predicted molar refractivity (Wildman–Crippen MR) is 112 cm³/mol. The van der Waals surface area contributed by atoms with E-state index in [9.17, 15) is 14.4 Å². The number of rotatable bonds is 8. The van der Waals surface area contributed by atoms with Gasteiger partial charge in [-0.3, -0.25) is 9.59 Å². The number of Topliss-reactive ketones (excluding diaryl/α,β-unsaturated/α-hetero) is 1. The maximum absolute atomic E-state index is 12.5. The smallest absolute Gasteiger partial charge is 0.340 e. The number of carbonyl (C=O) groups excluding carboxylic acids is 2. The second kappa shape index (κ2) is 9.34. The molecule has 0 bridgehead atoms. The Morgan fingerprint density at radius 3 is 2.39 bits per heavy atom. The first-order valence-corrected chi connectivity index (χ1v) is 9.39. The summed E-state index contributed by atoms with van der Waals surface area (Å²) < 4.78 is 25.9. The van der Waals surface area contributed by atoms with Gasteiger partial charge in [0.1, 0.15) is 11.3 Å². The van der Waals surface area contributed by atoms with Gasteiger partial charge < -0.3 is 23.4 Å². The molecule has 1 aromatic heterocycles. The SMILES string of the molecule is COC(=O)Cc1c(C)c2ccc(OCC(=O)c3ccc(OC)c(OC)c3)cc2oc1=O. The molecule has 0 aliphatic carbocycles. The molecule has 0 N–H and O–H groups in total. The number of hydrogen-bond donors (Lipinski definition) is 0. The summed E-state index contributed by atoms with van der Waals surface area (Å²) in [6, 6.07) is 9.76. The molecule has 0 fully saturated rings. The van der Waals surface area contributed by atoms with Gasteiger partial charge in [-0.2, -0.15) is 0 Å². The third-order valence-corrected chi connectivity index (χ3v) is 4.88. The average Bonchev–Trinajstić information content (AvgIpc) is 2.79. The van der Waals surface area contributed by atoms with E-state index in [-0.39, 0.29) is 24.4 Å². The molecule has 0 aliphatic rings. The van der Waals surface area contributed by atoms with Gasteiger partial charge in [-0.25, -0.2) is 4.79 Å². The van der Waals surface area contributed by atoms with Crippen molar-refractivity contribution >= 4 is 22.7 Å². The molecular formula is C23H22O8. The molecule has 0 amide bonds. The first kappa shape index (κ1) is 21.9. The van der Waals surface area contributed by atoms with Crippen molar-refractivity contribution in [2.75, 3.05) is 27.9 Å². The Morgan fingerprint density at radius 2 is 1.71 bits per heavy atom. The van der Waals surface area contributed by atoms with Crippen LogP contribution in [0, 0.1) is 6.92 Å². The van der Waals surface area contributed by atoms with Crippen LogP contribution in [0.15, 0.2) is 45.6 Å². The van der Waals surface area contributed by atoms with E-state index in [1.807, 2.05) is 0 Å². The molecule has 0 unspecified atom stereocenters. The maximum Gasteiger partial charge on any atom is 0.340 e. The van der Waals surface area contributed by atoms with E-state index in [1.54, 1.807) is 37.3 Å². The van der Waals surface area contributed by atoms with Crippen molar-refractivity contribution in [1.29, 1.82) is 0 Å². The normalized spacial score (nSPS) is 10.6. The van der Waals surface area contributed by atoms with Crippen LogP contribution in [0.5, 0.6) is 17.2 Å². The lowest BCUT2D eigenvalue weighted by Gasteiger charge is -2.11. The standard InChI is InChI=1S/C23H22O8/c1-13-16-7-6-15(10-20(16)31-23(26)17(13)11-22(25)29-4)30-12-18(24)14-5-8-19(27-2)21(9-14)28-3/h5-10H,11-12H2,1-4H3. The van der Waals surface area contributed by atoms with Crippen LogP contribution in [-0.4, -0.2) is 39.7 Å². The lowest BCUT2D eigenvalue weighted by molar-refractivity contribution is -0.139. The highest BCUT2D eigenvalue weighted by Crippen LogP contribution is 2.28. The fourth-order valence-electron chi connectivity index (χ4n) is 3.13. The summed E-state index contributed by atoms with van der Waals surface area (Å²) in [5, 5.41) is 0.664. The summed E-state index contributed by atoms with van der Waals surface area (Å²) in [5.74, 6) is 0.547. The number of ether oxygens (including phenoxy) is 4. The van der Waals surface area contributed by atoms with Crippen molar-refractivity contribution in [1.82, 2.24) is 0 Å². The fourth-order valence-corrected chi connectivity index (χ4v) is 3.13. The highest BCUT2D eigenvalue weighted by molar-refractivity contribution is 5.98. The number of hydrogen-bond acceptors (Lipinski definition) is 8. The van der Waals surface area contributed by atoms with E-state index in [1.165, 1.54) is 27.4 Å². The molecule has 0 saturated carbocycles. The summed E-state index contributed by atoms with van der Waals surface area (Å²) >= 11 is 0. The van der Waals surface area contributed by atoms with Gasteiger partial charge in [-0.15, -0.1) is 0 Å². The minimum Gasteiger partial charge on any atom is -0.493 e. The van der Waals surface area contributed by atoms with Gasteiger partial charge in [0.25, 0.3) is 0 Å². The lowest BCUT2D eigenvalue weighted by atomic mass is 10.0. The zero-order valence-corrected chi connectivity index (χ0v) is 17.6. The molecular weight excluding hydrogens is 404 g/mol. The van der Waals surface area contributed by atoms with E-state index in [0.717, 1.165) is 0 Å². The molecule has 2 aromatic carbocycles. The molecule has 3 aromatic rings. The molecule has 8 heteroatoms. The second-order valence-electron chi connectivity index (χ2n) is 6.69. The summed E-state index contributed by atoms with van der Waals surface area (Å²) in [6.07, 6.45) is -0.168. The summed E-state index contributed by atoms with van der Waals surface area (Å²) in [7, 11) is 4.26. The van der Waals surface area contributed by atoms with Crippen molar-refractivity contribution in [3.8, 4) is 17.2 Å². The molecule has 162 valence electrons. The first-order valence-electron chi connectivity index (χ1n) is 9.39. The number of benzene rings is 2. The van der Waals surface area contributed by atoms with Crippen molar-refractivity contribution in [2.45, 2.75) is 13.3 Å². The average molecular weight is 426 g/mol. The number of methoxy groups -OCH3 is 3. The molecule has 1 heterocycles. The van der Waals surface area contributed by atoms with Crippen LogP contribution in [0.1, 0.15) is 21.5 Å². The third-order valence-electron chi connectivity index (χ3n) is 4.88. The number of aryl methyl sites for hydroxylation is 1. The fraction of sp³-hybridized carbons (Fsp3) is 0.261. The number of ketones is 1. The third kappa shape index (κ3) is 4.69. The Kier molecular flexibility index (Phi) is 6.59. The Morgan fingerprint density at radius 1 is 0.968 bits per heavy atom. The maximum atomic E-state index is 12.5. The quantitative estimate of drug-likeness (QED) is 0.308. The molecule has 0 aliphatic heterocycles. The van der Waals surface area contributed by atoms with E-state index in [0.29, 0.717) is 39.3 Å². The summed E-state index contributed by atoms with van der Waals surface area (Å²) in [5.41, 5.74) is 0.968. The van der Waals surface area contributed by atoms with Gasteiger partial charge in [-0.05, 0) is 42.8 Å². The van der Waals surface area contributed by atoms with Gasteiger partial charge in [0, 0.05) is 17.0 Å². The molecule has 31 heavy (non-hydrogen) atoms. The van der Waals surface area contributed by atoms with Crippen LogP contribution in [0.3, 0.4) is 0 Å². The van der Waals surface area contributed by atoms with Gasteiger partial charge in [0.15, 0.2) is 23.9 Å². The molecule has 0 radical (unpaired) electrons. The van der Waals surface area contributed by atoms with E-state index in [4.69, 9.17) is 18.6 Å². The molecule has 3 rings (SSSR count). The molecule has 0 spiro atoms. The zero-order valence-electron chi connectivity index (χ0n) is 17.6. The number of carbonyl (C=O) groups is 2. The highest BCUT2D eigenvalue weighted by Gasteiger charge is 2.16. The van der Waals surface area contributed by atoms with E-state index < -0.39 is 11.6 Å². The van der Waals surface area contributed by atoms with Gasteiger partial charge >= 0.3 is 11.6 Å². The van der Waals surface area contributed by atoms with Crippen LogP contribution >= 0.6 is 0 Å². The van der Waals surface area contributed by atoms with Crippen molar-refractivity contribution in [3.63, 3.8) is 0 Å². The van der Waals surface area contributed by atoms with Crippen LogP contribution < -0.4 is 19.8 Å². The zero-order chi connectivity index (χ0) is 22.5. The monoisotopic (exact) mass is 426 g/mol. The minimum absolute atomic E-state index is 0.168. The van der Waals surface area contributed by atoms with Gasteiger partial charge in [0.2, 0.25) is 0 Å². The van der Waals surface area contributed by atoms with Crippen molar-refractivity contribution in [3.05, 3.63) is 63.5 Å². The Hall–Kier alpha value is -3.81. The van der Waals surface area contributed by atoms with Crippen LogP contribution in [-0.2, 0) is 16.0 Å². The first-order chi connectivity index (χ1) is 14.9. The lowest BCUT2D eigenvalue weighted by Crippen LogP contribution is -2.16. The molecule has 0 atom stereocenters. The van der Waals surface area contributed by atoms with Crippen LogP contribution in [0.4, 0.5) is 0 Å².